The molecule has 0 N–H and O–H groups in total. The van der Waals surface area contributed by atoms with E-state index in [1.807, 2.05) is 0 Å². The first-order chi connectivity index (χ1) is 6.24. The van der Waals surface area contributed by atoms with Crippen LogP contribution in [0.2, 0.25) is 0 Å². The van der Waals surface area contributed by atoms with Crippen LogP contribution in [0.3, 0.4) is 0 Å². The third-order valence-electron chi connectivity index (χ3n) is 3.16. The second-order valence-corrected chi connectivity index (χ2v) is 4.74. The lowest BCUT2D eigenvalue weighted by Gasteiger charge is -2.18. The van der Waals surface area contributed by atoms with Gasteiger partial charge in [-0.15, -0.1) is 11.6 Å². The van der Waals surface area contributed by atoms with Gasteiger partial charge in [0.2, 0.25) is 0 Å². The van der Waals surface area contributed by atoms with Crippen LogP contribution in [0.4, 0.5) is 0 Å². The maximum absolute atomic E-state index is 6.33. The fourth-order valence-corrected chi connectivity index (χ4v) is 2.44. The molecule has 0 heterocycles. The summed E-state index contributed by atoms with van der Waals surface area (Å²) in [5, 5.41) is 0.389. The molecule has 1 fully saturated rings. The minimum Gasteiger partial charge on any atom is -0.382 e. The summed E-state index contributed by atoms with van der Waals surface area (Å²) in [6.45, 7) is 2.11. The monoisotopic (exact) mass is 204 g/mol. The second-order valence-electron chi connectivity index (χ2n) is 4.18. The van der Waals surface area contributed by atoms with Crippen molar-refractivity contribution in [3.8, 4) is 0 Å². The van der Waals surface area contributed by atoms with Gasteiger partial charge in [-0.05, 0) is 38.5 Å². The molecule has 1 saturated carbocycles. The topological polar surface area (TPSA) is 9.23 Å². The van der Waals surface area contributed by atoms with Crippen LogP contribution in [-0.4, -0.2) is 18.6 Å². The number of hydrogen-bond donors (Lipinski definition) is 0. The molecular formula is C11H21ClO. The van der Waals surface area contributed by atoms with Gasteiger partial charge in [0, 0.05) is 12.5 Å². The molecule has 0 spiro atoms. The predicted molar refractivity (Wildman–Crippen MR) is 57.3 cm³/mol. The van der Waals surface area contributed by atoms with Gasteiger partial charge in [-0.1, -0.05) is 12.8 Å². The van der Waals surface area contributed by atoms with Gasteiger partial charge >= 0.3 is 0 Å². The van der Waals surface area contributed by atoms with Gasteiger partial charge in [-0.25, -0.2) is 0 Å². The Balaban J connectivity index is 2.12. The zero-order valence-corrected chi connectivity index (χ0v) is 9.52. The summed E-state index contributed by atoms with van der Waals surface area (Å²) in [5.74, 6) is 0.783. The van der Waals surface area contributed by atoms with Gasteiger partial charge in [-0.2, -0.15) is 0 Å². The molecule has 0 aromatic rings. The number of methoxy groups -OCH3 is 1. The Bertz CT molecular complexity index is 132. The van der Waals surface area contributed by atoms with Gasteiger partial charge in [0.1, 0.15) is 0 Å². The van der Waals surface area contributed by atoms with Crippen LogP contribution in [0.1, 0.15) is 45.4 Å². The normalized spacial score (nSPS) is 23.3. The lowest BCUT2D eigenvalue weighted by Crippen LogP contribution is -2.14. The van der Waals surface area contributed by atoms with E-state index in [-0.39, 0.29) is 0 Å². The number of hydrogen-bond acceptors (Lipinski definition) is 1. The quantitative estimate of drug-likeness (QED) is 0.622. The molecule has 0 saturated heterocycles. The fourth-order valence-electron chi connectivity index (χ4n) is 2.07. The van der Waals surface area contributed by atoms with Crippen molar-refractivity contribution >= 4 is 11.6 Å². The van der Waals surface area contributed by atoms with E-state index < -0.39 is 0 Å². The van der Waals surface area contributed by atoms with E-state index in [1.165, 1.54) is 25.7 Å². The Morgan fingerprint density at radius 2 is 1.92 bits per heavy atom. The Labute approximate surface area is 86.8 Å². The molecule has 0 amide bonds. The van der Waals surface area contributed by atoms with E-state index in [4.69, 9.17) is 16.3 Å². The Morgan fingerprint density at radius 3 is 2.46 bits per heavy atom. The predicted octanol–water partition coefficient (Wildman–Crippen LogP) is 3.60. The van der Waals surface area contributed by atoms with Crippen LogP contribution < -0.4 is 0 Å². The standard InChI is InChI=1S/C11H21ClO/c1-9(13-2)7-8-11(12)10-5-3-4-6-10/h9-11H,3-8H2,1-2H3. The van der Waals surface area contributed by atoms with Crippen molar-refractivity contribution in [2.24, 2.45) is 5.92 Å². The van der Waals surface area contributed by atoms with E-state index in [0.29, 0.717) is 11.5 Å². The molecule has 2 heteroatoms. The van der Waals surface area contributed by atoms with E-state index in [1.54, 1.807) is 7.11 Å². The van der Waals surface area contributed by atoms with Crippen molar-refractivity contribution in [2.75, 3.05) is 7.11 Å². The highest BCUT2D eigenvalue weighted by Crippen LogP contribution is 2.32. The zero-order valence-electron chi connectivity index (χ0n) is 8.76. The third kappa shape index (κ3) is 3.86. The molecule has 0 aliphatic heterocycles. The lowest BCUT2D eigenvalue weighted by molar-refractivity contribution is 0.107. The second kappa shape index (κ2) is 5.87. The molecule has 1 rings (SSSR count). The van der Waals surface area contributed by atoms with Gasteiger partial charge in [-0.3, -0.25) is 0 Å². The van der Waals surface area contributed by atoms with Crippen LogP contribution in [0.25, 0.3) is 0 Å². The number of rotatable bonds is 5. The third-order valence-corrected chi connectivity index (χ3v) is 3.74. The van der Waals surface area contributed by atoms with E-state index in [9.17, 15) is 0 Å². The molecule has 2 unspecified atom stereocenters. The maximum atomic E-state index is 6.33. The van der Waals surface area contributed by atoms with Gasteiger partial charge in [0.25, 0.3) is 0 Å². The van der Waals surface area contributed by atoms with Crippen molar-refractivity contribution in [1.82, 2.24) is 0 Å². The van der Waals surface area contributed by atoms with Crippen LogP contribution in [0, 0.1) is 5.92 Å². The Morgan fingerprint density at radius 1 is 1.31 bits per heavy atom. The molecule has 78 valence electrons. The smallest absolute Gasteiger partial charge is 0.0543 e. The minimum absolute atomic E-state index is 0.364. The van der Waals surface area contributed by atoms with Crippen LogP contribution in [0.15, 0.2) is 0 Å². The summed E-state index contributed by atoms with van der Waals surface area (Å²) in [4.78, 5) is 0. The van der Waals surface area contributed by atoms with Crippen LogP contribution in [-0.2, 0) is 4.74 Å². The fraction of sp³-hybridized carbons (Fsp3) is 1.00. The molecular weight excluding hydrogens is 184 g/mol. The van der Waals surface area contributed by atoms with Crippen molar-refractivity contribution in [2.45, 2.75) is 56.9 Å². The van der Waals surface area contributed by atoms with E-state index in [2.05, 4.69) is 6.92 Å². The first-order valence-corrected chi connectivity index (χ1v) is 5.84. The molecule has 0 aromatic heterocycles. The minimum atomic E-state index is 0.364. The van der Waals surface area contributed by atoms with Crippen molar-refractivity contribution in [3.05, 3.63) is 0 Å². The van der Waals surface area contributed by atoms with Gasteiger partial charge in [0.15, 0.2) is 0 Å². The Kier molecular flexibility index (Phi) is 5.12. The summed E-state index contributed by atoms with van der Waals surface area (Å²) in [7, 11) is 1.77. The van der Waals surface area contributed by atoms with Crippen molar-refractivity contribution in [1.29, 1.82) is 0 Å². The summed E-state index contributed by atoms with van der Waals surface area (Å²) in [6.07, 6.45) is 8.03. The lowest BCUT2D eigenvalue weighted by atomic mass is 9.99. The maximum Gasteiger partial charge on any atom is 0.0543 e. The van der Waals surface area contributed by atoms with Crippen molar-refractivity contribution in [3.63, 3.8) is 0 Å². The number of alkyl halides is 1. The average molecular weight is 205 g/mol. The highest BCUT2D eigenvalue weighted by atomic mass is 35.5. The number of ether oxygens (including phenoxy) is 1. The average Bonchev–Trinajstić information content (AvgIpc) is 2.66. The largest absolute Gasteiger partial charge is 0.382 e. The molecule has 2 atom stereocenters. The van der Waals surface area contributed by atoms with Crippen LogP contribution in [0.5, 0.6) is 0 Å². The van der Waals surface area contributed by atoms with E-state index >= 15 is 0 Å². The summed E-state index contributed by atoms with van der Waals surface area (Å²) in [6, 6.07) is 0. The summed E-state index contributed by atoms with van der Waals surface area (Å²) < 4.78 is 5.20. The number of halogens is 1. The van der Waals surface area contributed by atoms with E-state index in [0.717, 1.165) is 18.8 Å². The molecule has 1 aliphatic rings. The van der Waals surface area contributed by atoms with Crippen LogP contribution >= 0.6 is 11.6 Å². The van der Waals surface area contributed by atoms with Gasteiger partial charge < -0.3 is 4.74 Å². The highest BCUT2D eigenvalue weighted by Gasteiger charge is 2.23. The molecule has 1 aliphatic carbocycles. The molecule has 0 bridgehead atoms. The van der Waals surface area contributed by atoms with Crippen molar-refractivity contribution < 1.29 is 4.74 Å². The summed E-state index contributed by atoms with van der Waals surface area (Å²) in [5.41, 5.74) is 0. The first-order valence-electron chi connectivity index (χ1n) is 5.41. The molecule has 0 aromatic carbocycles. The SMILES string of the molecule is COC(C)CCC(Cl)C1CCCC1. The summed E-state index contributed by atoms with van der Waals surface area (Å²) >= 11 is 6.33. The Hall–Kier alpha value is 0.250. The molecule has 1 nitrogen and oxygen atoms in total. The highest BCUT2D eigenvalue weighted by molar-refractivity contribution is 6.20. The first kappa shape index (κ1) is 11.3. The zero-order chi connectivity index (χ0) is 9.68. The molecule has 13 heavy (non-hydrogen) atoms. The molecule has 0 radical (unpaired) electrons. The van der Waals surface area contributed by atoms with Gasteiger partial charge in [0.05, 0.1) is 6.10 Å².